The van der Waals surface area contributed by atoms with Crippen LogP contribution in [0.1, 0.15) is 56.9 Å². The highest BCUT2D eigenvalue weighted by molar-refractivity contribution is 5.76. The smallest absolute Gasteiger partial charge is 0.307 e. The molecule has 1 aromatic carbocycles. The summed E-state index contributed by atoms with van der Waals surface area (Å²) in [6.45, 7) is 3.31. The first kappa shape index (κ1) is 15.2. The second-order valence-corrected chi connectivity index (χ2v) is 7.64. The zero-order valence-electron chi connectivity index (χ0n) is 13.9. The SMILES string of the molecule is O=C1CC(CN2CCCCC2)(c2ccccc2)C2(CCCC2)O1. The van der Waals surface area contributed by atoms with Crippen LogP contribution in [0, 0.1) is 0 Å². The second kappa shape index (κ2) is 5.94. The van der Waals surface area contributed by atoms with Crippen molar-refractivity contribution in [1.82, 2.24) is 4.90 Å². The molecule has 3 aliphatic rings. The van der Waals surface area contributed by atoms with Crippen molar-refractivity contribution < 1.29 is 9.53 Å². The van der Waals surface area contributed by atoms with E-state index in [0.29, 0.717) is 6.42 Å². The molecule has 1 aromatic rings. The number of hydrogen-bond acceptors (Lipinski definition) is 3. The highest BCUT2D eigenvalue weighted by atomic mass is 16.6. The van der Waals surface area contributed by atoms with Crippen LogP contribution in [0.2, 0.25) is 0 Å². The molecule has 2 heterocycles. The Kier molecular flexibility index (Phi) is 3.92. The van der Waals surface area contributed by atoms with Crippen molar-refractivity contribution in [3.8, 4) is 0 Å². The van der Waals surface area contributed by atoms with Gasteiger partial charge in [-0.25, -0.2) is 0 Å². The summed E-state index contributed by atoms with van der Waals surface area (Å²) in [7, 11) is 0. The Morgan fingerprint density at radius 3 is 2.35 bits per heavy atom. The lowest BCUT2D eigenvalue weighted by Crippen LogP contribution is -2.54. The van der Waals surface area contributed by atoms with Gasteiger partial charge in [0.25, 0.3) is 0 Å². The number of likely N-dealkylation sites (tertiary alicyclic amines) is 1. The zero-order chi connectivity index (χ0) is 15.8. The second-order valence-electron chi connectivity index (χ2n) is 7.64. The monoisotopic (exact) mass is 313 g/mol. The molecule has 2 saturated heterocycles. The van der Waals surface area contributed by atoms with Crippen LogP contribution in [0.4, 0.5) is 0 Å². The quantitative estimate of drug-likeness (QED) is 0.797. The van der Waals surface area contributed by atoms with Crippen LogP contribution in [0.15, 0.2) is 30.3 Å². The van der Waals surface area contributed by atoms with Crippen molar-refractivity contribution in [2.45, 2.75) is 62.4 Å². The molecular weight excluding hydrogens is 286 g/mol. The van der Waals surface area contributed by atoms with Gasteiger partial charge in [0, 0.05) is 6.54 Å². The number of carbonyl (C=O) groups is 1. The third-order valence-electron chi connectivity index (χ3n) is 6.31. The fraction of sp³-hybridized carbons (Fsp3) is 0.650. The predicted octanol–water partition coefficient (Wildman–Crippen LogP) is 3.67. The Balaban J connectivity index is 1.75. The van der Waals surface area contributed by atoms with Crippen LogP contribution in [-0.2, 0) is 14.9 Å². The molecule has 0 N–H and O–H groups in total. The molecule has 23 heavy (non-hydrogen) atoms. The van der Waals surface area contributed by atoms with Gasteiger partial charge in [0.2, 0.25) is 0 Å². The lowest BCUT2D eigenvalue weighted by Gasteiger charge is -2.45. The summed E-state index contributed by atoms with van der Waals surface area (Å²) in [5.41, 5.74) is 0.889. The number of esters is 1. The first-order valence-electron chi connectivity index (χ1n) is 9.24. The number of carbonyl (C=O) groups excluding carboxylic acids is 1. The van der Waals surface area contributed by atoms with Crippen LogP contribution in [0.3, 0.4) is 0 Å². The molecule has 0 aromatic heterocycles. The summed E-state index contributed by atoms with van der Waals surface area (Å²) in [5.74, 6) is 0.00719. The van der Waals surface area contributed by atoms with Gasteiger partial charge in [0.15, 0.2) is 0 Å². The van der Waals surface area contributed by atoms with Gasteiger partial charge in [-0.2, -0.15) is 0 Å². The molecule has 2 aliphatic heterocycles. The van der Waals surface area contributed by atoms with Crippen molar-refractivity contribution in [2.24, 2.45) is 0 Å². The van der Waals surface area contributed by atoms with Crippen LogP contribution in [0.5, 0.6) is 0 Å². The van der Waals surface area contributed by atoms with E-state index in [1.54, 1.807) is 0 Å². The Labute approximate surface area is 139 Å². The summed E-state index contributed by atoms with van der Waals surface area (Å²) in [5, 5.41) is 0. The Bertz CT molecular complexity index is 558. The van der Waals surface area contributed by atoms with E-state index in [1.165, 1.54) is 50.8 Å². The van der Waals surface area contributed by atoms with Gasteiger partial charge in [0.1, 0.15) is 5.60 Å². The first-order chi connectivity index (χ1) is 11.2. The molecule has 3 fully saturated rings. The van der Waals surface area contributed by atoms with Gasteiger partial charge >= 0.3 is 5.97 Å². The van der Waals surface area contributed by atoms with Crippen molar-refractivity contribution in [3.63, 3.8) is 0 Å². The van der Waals surface area contributed by atoms with Crippen LogP contribution < -0.4 is 0 Å². The first-order valence-corrected chi connectivity index (χ1v) is 9.24. The number of rotatable bonds is 3. The zero-order valence-corrected chi connectivity index (χ0v) is 13.9. The Morgan fingerprint density at radius 1 is 0.957 bits per heavy atom. The van der Waals surface area contributed by atoms with E-state index >= 15 is 0 Å². The fourth-order valence-corrected chi connectivity index (χ4v) is 5.20. The number of hydrogen-bond donors (Lipinski definition) is 0. The molecule has 1 aliphatic carbocycles. The molecule has 1 saturated carbocycles. The highest BCUT2D eigenvalue weighted by Gasteiger charge is 2.62. The minimum absolute atomic E-state index is 0.00719. The number of nitrogens with zero attached hydrogens (tertiary/aromatic N) is 1. The number of benzene rings is 1. The maximum atomic E-state index is 12.4. The molecule has 1 unspecified atom stereocenters. The van der Waals surface area contributed by atoms with Gasteiger partial charge in [-0.1, -0.05) is 36.8 Å². The molecule has 4 rings (SSSR count). The van der Waals surface area contributed by atoms with Crippen molar-refractivity contribution in [1.29, 1.82) is 0 Å². The van der Waals surface area contributed by atoms with E-state index in [1.807, 2.05) is 0 Å². The Hall–Kier alpha value is -1.35. The summed E-state index contributed by atoms with van der Waals surface area (Å²) >= 11 is 0. The van der Waals surface area contributed by atoms with Crippen LogP contribution in [0.25, 0.3) is 0 Å². The Morgan fingerprint density at radius 2 is 1.65 bits per heavy atom. The van der Waals surface area contributed by atoms with E-state index in [2.05, 4.69) is 35.2 Å². The highest BCUT2D eigenvalue weighted by Crippen LogP contribution is 2.55. The molecule has 3 nitrogen and oxygen atoms in total. The number of ether oxygens (including phenoxy) is 1. The third-order valence-corrected chi connectivity index (χ3v) is 6.31. The molecule has 0 bridgehead atoms. The van der Waals surface area contributed by atoms with E-state index in [4.69, 9.17) is 4.74 Å². The average molecular weight is 313 g/mol. The van der Waals surface area contributed by atoms with Gasteiger partial charge in [0.05, 0.1) is 11.8 Å². The van der Waals surface area contributed by atoms with Crippen LogP contribution in [-0.4, -0.2) is 36.1 Å². The third kappa shape index (κ3) is 2.50. The van der Waals surface area contributed by atoms with Gasteiger partial charge in [-0.05, 0) is 57.2 Å². The van der Waals surface area contributed by atoms with Crippen LogP contribution >= 0.6 is 0 Å². The molecule has 3 heteroatoms. The largest absolute Gasteiger partial charge is 0.458 e. The normalized spacial score (nSPS) is 30.7. The average Bonchev–Trinajstić information content (AvgIpc) is 3.16. The summed E-state index contributed by atoms with van der Waals surface area (Å²) in [6, 6.07) is 10.7. The molecule has 1 spiro atoms. The molecule has 0 radical (unpaired) electrons. The molecule has 124 valence electrons. The van der Waals surface area contributed by atoms with Crippen molar-refractivity contribution >= 4 is 5.97 Å². The standard InChI is InChI=1S/C20H27NO2/c22-18-15-19(17-9-3-1-4-10-17,16-21-13-7-2-8-14-21)20(23-18)11-5-6-12-20/h1,3-4,9-10H,2,5-8,11-16H2. The van der Waals surface area contributed by atoms with Gasteiger partial charge in [-0.15, -0.1) is 0 Å². The van der Waals surface area contributed by atoms with E-state index < -0.39 is 0 Å². The summed E-state index contributed by atoms with van der Waals surface area (Å²) in [6.07, 6.45) is 8.88. The van der Waals surface area contributed by atoms with E-state index in [9.17, 15) is 4.79 Å². The van der Waals surface area contributed by atoms with Crippen molar-refractivity contribution in [3.05, 3.63) is 35.9 Å². The van der Waals surface area contributed by atoms with Gasteiger partial charge in [-0.3, -0.25) is 4.79 Å². The topological polar surface area (TPSA) is 29.5 Å². The minimum Gasteiger partial charge on any atom is -0.458 e. The molecular formula is C20H27NO2. The van der Waals surface area contributed by atoms with Gasteiger partial charge < -0.3 is 9.64 Å². The molecule has 0 amide bonds. The minimum atomic E-state index is -0.261. The van der Waals surface area contributed by atoms with E-state index in [0.717, 1.165) is 19.4 Å². The summed E-state index contributed by atoms with van der Waals surface area (Å²) in [4.78, 5) is 15.0. The molecule has 1 atom stereocenters. The fourth-order valence-electron chi connectivity index (χ4n) is 5.20. The summed E-state index contributed by atoms with van der Waals surface area (Å²) < 4.78 is 6.06. The maximum Gasteiger partial charge on any atom is 0.307 e. The van der Waals surface area contributed by atoms with Crippen molar-refractivity contribution in [2.75, 3.05) is 19.6 Å². The lowest BCUT2D eigenvalue weighted by atomic mass is 9.65. The predicted molar refractivity (Wildman–Crippen MR) is 90.3 cm³/mol. The maximum absolute atomic E-state index is 12.4. The number of piperidine rings is 1. The van der Waals surface area contributed by atoms with E-state index in [-0.39, 0.29) is 17.0 Å². The lowest BCUT2D eigenvalue weighted by molar-refractivity contribution is -0.149.